The lowest BCUT2D eigenvalue weighted by atomic mass is 9.73. The zero-order valence-electron chi connectivity index (χ0n) is 15.1. The van der Waals surface area contributed by atoms with E-state index in [2.05, 4.69) is 70.3 Å². The predicted octanol–water partition coefficient (Wildman–Crippen LogP) is 4.83. The summed E-state index contributed by atoms with van der Waals surface area (Å²) in [7, 11) is 2.18. The summed E-state index contributed by atoms with van der Waals surface area (Å²) < 4.78 is 3.25. The first-order valence-corrected chi connectivity index (χ1v) is 11.2. The van der Waals surface area contributed by atoms with Gasteiger partial charge in [-0.2, -0.15) is 5.10 Å². The summed E-state index contributed by atoms with van der Waals surface area (Å²) in [4.78, 5) is 16.6. The average molecular weight is 489 g/mol. The Balaban J connectivity index is 1.75. The first-order valence-electron chi connectivity index (χ1n) is 9.26. The molecule has 0 bridgehead atoms. The molecule has 6 heteroatoms. The van der Waals surface area contributed by atoms with Gasteiger partial charge in [0.15, 0.2) is 5.78 Å². The van der Waals surface area contributed by atoms with E-state index < -0.39 is 0 Å². The van der Waals surface area contributed by atoms with Crippen molar-refractivity contribution < 1.29 is 4.79 Å². The van der Waals surface area contributed by atoms with Crippen molar-refractivity contribution in [3.05, 3.63) is 56.6 Å². The maximum atomic E-state index is 13.2. The summed E-state index contributed by atoms with van der Waals surface area (Å²) >= 11 is 3.97. The fourth-order valence-electron chi connectivity index (χ4n) is 4.47. The molecule has 3 heterocycles. The van der Waals surface area contributed by atoms with E-state index in [-0.39, 0.29) is 5.78 Å². The molecule has 1 fully saturated rings. The van der Waals surface area contributed by atoms with Crippen molar-refractivity contribution in [1.82, 2.24) is 14.7 Å². The lowest BCUT2D eigenvalue weighted by molar-refractivity contribution is 0.0884. The van der Waals surface area contributed by atoms with Crippen LogP contribution in [0.3, 0.4) is 0 Å². The molecule has 1 saturated heterocycles. The lowest BCUT2D eigenvalue weighted by Crippen LogP contribution is -2.41. The van der Waals surface area contributed by atoms with E-state index in [1.807, 2.05) is 10.7 Å². The lowest BCUT2D eigenvalue weighted by Gasteiger charge is -2.39. The second kappa shape index (κ2) is 6.83. The number of piperidine rings is 1. The van der Waals surface area contributed by atoms with Crippen molar-refractivity contribution >= 4 is 39.7 Å². The number of likely N-dealkylation sites (tertiary alicyclic amines) is 1. The van der Waals surface area contributed by atoms with Gasteiger partial charge in [-0.05, 0) is 84.2 Å². The highest BCUT2D eigenvalue weighted by Crippen LogP contribution is 2.45. The van der Waals surface area contributed by atoms with Crippen LogP contribution in [-0.2, 0) is 0 Å². The van der Waals surface area contributed by atoms with E-state index in [0.29, 0.717) is 18.3 Å². The maximum Gasteiger partial charge on any atom is 0.167 e. The first-order chi connectivity index (χ1) is 13.1. The Kier molecular flexibility index (Phi) is 4.44. The monoisotopic (exact) mass is 489 g/mol. The number of benzene rings is 1. The minimum Gasteiger partial charge on any atom is -0.306 e. The zero-order chi connectivity index (χ0) is 18.5. The van der Waals surface area contributed by atoms with Gasteiger partial charge < -0.3 is 4.90 Å². The number of Topliss-reactive ketones (excluding diaryl/α,β-unsaturated/α-hetero) is 1. The van der Waals surface area contributed by atoms with Gasteiger partial charge in [-0.1, -0.05) is 6.07 Å². The number of likely N-dealkylation sites (N-methyl/N-ethyl adjacent to an activating group) is 1. The largest absolute Gasteiger partial charge is 0.306 e. The Bertz CT molecular complexity index is 993. The molecule has 5 rings (SSSR count). The summed E-state index contributed by atoms with van der Waals surface area (Å²) in [6, 6.07) is 12.5. The Morgan fingerprint density at radius 2 is 2.04 bits per heavy atom. The zero-order valence-corrected chi connectivity index (χ0v) is 18.0. The van der Waals surface area contributed by atoms with Crippen LogP contribution in [0.5, 0.6) is 0 Å². The Hall–Kier alpha value is -1.51. The smallest absolute Gasteiger partial charge is 0.167 e. The third-order valence-electron chi connectivity index (χ3n) is 5.78. The summed E-state index contributed by atoms with van der Waals surface area (Å²) in [5.74, 6) is 1.05. The number of thiophene rings is 1. The van der Waals surface area contributed by atoms with Crippen LogP contribution in [0, 0.1) is 9.49 Å². The molecule has 1 aromatic carbocycles. The number of rotatable bonds is 2. The van der Waals surface area contributed by atoms with E-state index in [0.717, 1.165) is 47.0 Å². The highest BCUT2D eigenvalue weighted by atomic mass is 127. The number of carbonyl (C=O) groups excluding carboxylic acids is 1. The normalized spacial score (nSPS) is 22.5. The number of hydrogen-bond acceptors (Lipinski definition) is 4. The second-order valence-electron chi connectivity index (χ2n) is 7.52. The van der Waals surface area contributed by atoms with Gasteiger partial charge in [-0.3, -0.25) is 4.79 Å². The highest BCUT2D eigenvalue weighted by Gasteiger charge is 2.42. The molecule has 2 aliphatic rings. The highest BCUT2D eigenvalue weighted by molar-refractivity contribution is 14.1. The van der Waals surface area contributed by atoms with Crippen LogP contribution < -0.4 is 0 Å². The number of aromatic nitrogens is 2. The topological polar surface area (TPSA) is 38.1 Å². The van der Waals surface area contributed by atoms with Gasteiger partial charge >= 0.3 is 0 Å². The Morgan fingerprint density at radius 3 is 2.78 bits per heavy atom. The third-order valence-corrected chi connectivity index (χ3v) is 7.38. The van der Waals surface area contributed by atoms with Crippen LogP contribution in [0.4, 0.5) is 0 Å². The molecule has 0 radical (unpaired) electrons. The van der Waals surface area contributed by atoms with Gasteiger partial charge in [0.2, 0.25) is 0 Å². The number of nitrogens with zero attached hydrogens (tertiary/aromatic N) is 3. The quantitative estimate of drug-likeness (QED) is 0.485. The molecule has 2 atom stereocenters. The molecule has 0 saturated carbocycles. The second-order valence-corrected chi connectivity index (χ2v) is 9.71. The Morgan fingerprint density at radius 1 is 1.22 bits per heavy atom. The number of carbonyl (C=O) groups is 1. The van der Waals surface area contributed by atoms with Crippen molar-refractivity contribution in [2.24, 2.45) is 5.92 Å². The maximum absolute atomic E-state index is 13.2. The molecule has 2 unspecified atom stereocenters. The minimum atomic E-state index is 0.260. The van der Waals surface area contributed by atoms with Gasteiger partial charge in [-0.15, -0.1) is 11.3 Å². The van der Waals surface area contributed by atoms with Crippen LogP contribution in [0.15, 0.2) is 41.8 Å². The molecule has 4 nitrogen and oxygen atoms in total. The number of halogens is 1. The fraction of sp³-hybridized carbons (Fsp3) is 0.333. The summed E-state index contributed by atoms with van der Waals surface area (Å²) in [6.45, 7) is 2.06. The van der Waals surface area contributed by atoms with Crippen molar-refractivity contribution in [1.29, 1.82) is 0 Å². The van der Waals surface area contributed by atoms with Crippen LogP contribution in [0.1, 0.15) is 34.8 Å². The number of hydrogen-bond donors (Lipinski definition) is 0. The van der Waals surface area contributed by atoms with Crippen LogP contribution >= 0.6 is 33.9 Å². The van der Waals surface area contributed by atoms with E-state index in [1.165, 1.54) is 3.57 Å². The third kappa shape index (κ3) is 2.98. The van der Waals surface area contributed by atoms with Crippen molar-refractivity contribution in [2.45, 2.75) is 18.8 Å². The number of fused-ring (bicyclic) bond motifs is 3. The van der Waals surface area contributed by atoms with Crippen LogP contribution in [0.25, 0.3) is 16.3 Å². The molecule has 27 heavy (non-hydrogen) atoms. The first kappa shape index (κ1) is 17.6. The average Bonchev–Trinajstić information content (AvgIpc) is 3.31. The summed E-state index contributed by atoms with van der Waals surface area (Å²) in [6.07, 6.45) is 1.74. The fourth-order valence-corrected chi connectivity index (χ4v) is 5.55. The van der Waals surface area contributed by atoms with E-state index >= 15 is 0 Å². The van der Waals surface area contributed by atoms with Gasteiger partial charge in [0.1, 0.15) is 5.69 Å². The van der Waals surface area contributed by atoms with Crippen LogP contribution in [-0.4, -0.2) is 40.6 Å². The molecule has 2 aromatic heterocycles. The number of ketones is 1. The summed E-state index contributed by atoms with van der Waals surface area (Å²) in [5, 5.41) is 7.04. The molecule has 0 N–H and O–H groups in total. The van der Waals surface area contributed by atoms with Crippen molar-refractivity contribution in [3.8, 4) is 16.3 Å². The van der Waals surface area contributed by atoms with Crippen molar-refractivity contribution in [2.75, 3.05) is 20.1 Å². The van der Waals surface area contributed by atoms with E-state index in [1.54, 1.807) is 11.3 Å². The summed E-state index contributed by atoms with van der Waals surface area (Å²) in [5.41, 5.74) is 3.87. The standard InChI is InChI=1S/C21H20IN3OS/c1-24-9-8-13-11-17(26)19-20(18-3-2-10-27-18)23-25(21(19)16(13)12-24)15-6-4-14(22)5-7-15/h2-7,10,13,16H,8-9,11-12H2,1H3. The minimum absolute atomic E-state index is 0.260. The van der Waals surface area contributed by atoms with Gasteiger partial charge in [0, 0.05) is 22.5 Å². The molecule has 138 valence electrons. The molecular formula is C21H20IN3OS. The van der Waals surface area contributed by atoms with E-state index in [4.69, 9.17) is 5.10 Å². The van der Waals surface area contributed by atoms with Gasteiger partial charge in [0.25, 0.3) is 0 Å². The molecular weight excluding hydrogens is 469 g/mol. The van der Waals surface area contributed by atoms with Gasteiger partial charge in [-0.25, -0.2) is 4.68 Å². The molecule has 0 amide bonds. The molecule has 0 spiro atoms. The van der Waals surface area contributed by atoms with Gasteiger partial charge in [0.05, 0.1) is 21.8 Å². The van der Waals surface area contributed by atoms with E-state index in [9.17, 15) is 4.79 Å². The Labute approximate surface area is 176 Å². The predicted molar refractivity (Wildman–Crippen MR) is 117 cm³/mol. The SMILES string of the molecule is CN1CCC2CC(=O)c3c(-c4cccs4)nn(-c4ccc(I)cc4)c3C2C1. The molecule has 1 aliphatic heterocycles. The molecule has 3 aromatic rings. The van der Waals surface area contributed by atoms with Crippen molar-refractivity contribution in [3.63, 3.8) is 0 Å². The molecule has 1 aliphatic carbocycles. The van der Waals surface area contributed by atoms with Crippen LogP contribution in [0.2, 0.25) is 0 Å².